The highest BCUT2D eigenvalue weighted by Gasteiger charge is 2.24. The minimum Gasteiger partial charge on any atom is -0.311 e. The highest BCUT2D eigenvalue weighted by molar-refractivity contribution is 9.10. The van der Waals surface area contributed by atoms with Crippen molar-refractivity contribution in [2.45, 2.75) is 6.92 Å². The number of halogens is 1. The van der Waals surface area contributed by atoms with Crippen molar-refractivity contribution in [3.63, 3.8) is 0 Å². The van der Waals surface area contributed by atoms with E-state index in [4.69, 9.17) is 5.26 Å². The number of Topliss-reactive ketones (excluding diaryl/α,β-unsaturated/α-hetero) is 1. The topological polar surface area (TPSA) is 61.9 Å². The molecule has 6 heteroatoms. The Balaban J connectivity index is 1.85. The van der Waals surface area contributed by atoms with Gasteiger partial charge in [-0.3, -0.25) is 14.7 Å². The van der Waals surface area contributed by atoms with Crippen LogP contribution in [0.15, 0.2) is 53.2 Å². The summed E-state index contributed by atoms with van der Waals surface area (Å²) in [4.78, 5) is 19.7. The van der Waals surface area contributed by atoms with Gasteiger partial charge in [0.05, 0.1) is 34.8 Å². The Hall–Kier alpha value is -2.75. The summed E-state index contributed by atoms with van der Waals surface area (Å²) in [6.45, 7) is 3.93. The summed E-state index contributed by atoms with van der Waals surface area (Å²) in [5, 5.41) is 9.05. The SMILES string of the molecule is Cc1c(C(=O)CN2CC=CC2)c2ncc(Br)cc2n1-c1ccc(C#N)cc1. The molecule has 0 unspecified atom stereocenters. The molecule has 0 fully saturated rings. The number of carbonyl (C=O) groups is 1. The summed E-state index contributed by atoms with van der Waals surface area (Å²) < 4.78 is 2.88. The first-order valence-electron chi connectivity index (χ1n) is 8.66. The van der Waals surface area contributed by atoms with Gasteiger partial charge in [0.15, 0.2) is 5.78 Å². The van der Waals surface area contributed by atoms with Gasteiger partial charge in [-0.2, -0.15) is 5.26 Å². The lowest BCUT2D eigenvalue weighted by Crippen LogP contribution is -2.27. The van der Waals surface area contributed by atoms with Gasteiger partial charge in [0.2, 0.25) is 0 Å². The van der Waals surface area contributed by atoms with E-state index in [1.165, 1.54) is 0 Å². The molecule has 27 heavy (non-hydrogen) atoms. The molecule has 0 amide bonds. The molecule has 5 nitrogen and oxygen atoms in total. The van der Waals surface area contributed by atoms with Crippen molar-refractivity contribution in [2.24, 2.45) is 0 Å². The first kappa shape index (κ1) is 17.7. The number of nitrogens with zero attached hydrogens (tertiary/aromatic N) is 4. The Morgan fingerprint density at radius 3 is 2.63 bits per heavy atom. The first-order valence-corrected chi connectivity index (χ1v) is 9.45. The number of nitriles is 1. The molecule has 2 aromatic heterocycles. The molecule has 0 saturated carbocycles. The van der Waals surface area contributed by atoms with Crippen LogP contribution in [0, 0.1) is 18.3 Å². The highest BCUT2D eigenvalue weighted by Crippen LogP contribution is 2.30. The molecular formula is C21H17BrN4O. The largest absolute Gasteiger partial charge is 0.311 e. The normalized spacial score (nSPS) is 14.0. The van der Waals surface area contributed by atoms with Crippen LogP contribution >= 0.6 is 15.9 Å². The second kappa shape index (κ2) is 7.10. The van der Waals surface area contributed by atoms with Crippen molar-refractivity contribution in [1.82, 2.24) is 14.5 Å². The molecule has 134 valence electrons. The number of hydrogen-bond acceptors (Lipinski definition) is 4. The fourth-order valence-electron chi connectivity index (χ4n) is 3.54. The smallest absolute Gasteiger partial charge is 0.180 e. The Morgan fingerprint density at radius 2 is 1.96 bits per heavy atom. The zero-order valence-electron chi connectivity index (χ0n) is 14.8. The standard InChI is InChI=1S/C21H17BrN4O/c1-14-20(19(27)13-25-8-2-3-9-25)21-18(10-16(22)12-24-21)26(14)17-6-4-15(11-23)5-7-17/h2-7,10,12H,8-9,13H2,1H3. The van der Waals surface area contributed by atoms with E-state index < -0.39 is 0 Å². The lowest BCUT2D eigenvalue weighted by molar-refractivity contribution is 0.0949. The van der Waals surface area contributed by atoms with E-state index in [1.54, 1.807) is 18.3 Å². The van der Waals surface area contributed by atoms with Crippen LogP contribution in [0.5, 0.6) is 0 Å². The maximum atomic E-state index is 13.1. The van der Waals surface area contributed by atoms with Crippen molar-refractivity contribution in [3.8, 4) is 11.8 Å². The second-order valence-electron chi connectivity index (χ2n) is 6.56. The van der Waals surface area contributed by atoms with Gasteiger partial charge in [-0.25, -0.2) is 0 Å². The van der Waals surface area contributed by atoms with Crippen molar-refractivity contribution >= 4 is 32.7 Å². The summed E-state index contributed by atoms with van der Waals surface area (Å²) in [6, 6.07) is 11.5. The van der Waals surface area contributed by atoms with Crippen molar-refractivity contribution in [1.29, 1.82) is 5.26 Å². The molecule has 3 heterocycles. The van der Waals surface area contributed by atoms with E-state index in [0.717, 1.165) is 34.5 Å². The lowest BCUT2D eigenvalue weighted by Gasteiger charge is -2.13. The van der Waals surface area contributed by atoms with E-state index in [1.807, 2.05) is 29.7 Å². The third kappa shape index (κ3) is 3.20. The van der Waals surface area contributed by atoms with Gasteiger partial charge in [0.25, 0.3) is 0 Å². The van der Waals surface area contributed by atoms with Gasteiger partial charge in [0, 0.05) is 35.1 Å². The minimum absolute atomic E-state index is 0.0726. The number of benzene rings is 1. The summed E-state index contributed by atoms with van der Waals surface area (Å²) in [7, 11) is 0. The zero-order valence-corrected chi connectivity index (χ0v) is 16.4. The maximum Gasteiger partial charge on any atom is 0.180 e. The Morgan fingerprint density at radius 1 is 1.26 bits per heavy atom. The molecule has 1 aliphatic rings. The van der Waals surface area contributed by atoms with Crippen molar-refractivity contribution in [2.75, 3.05) is 19.6 Å². The van der Waals surface area contributed by atoms with Gasteiger partial charge in [-0.05, 0) is 53.2 Å². The first-order chi connectivity index (χ1) is 13.1. The van der Waals surface area contributed by atoms with Crippen LogP contribution < -0.4 is 0 Å². The summed E-state index contributed by atoms with van der Waals surface area (Å²) in [5.74, 6) is 0.0726. The monoisotopic (exact) mass is 420 g/mol. The van der Waals surface area contributed by atoms with Crippen LogP contribution in [-0.4, -0.2) is 39.9 Å². The van der Waals surface area contributed by atoms with Crippen LogP contribution in [0.25, 0.3) is 16.7 Å². The number of hydrogen-bond donors (Lipinski definition) is 0. The average molecular weight is 421 g/mol. The van der Waals surface area contributed by atoms with Crippen LogP contribution in [0.2, 0.25) is 0 Å². The van der Waals surface area contributed by atoms with Crippen LogP contribution in [0.1, 0.15) is 21.6 Å². The fourth-order valence-corrected chi connectivity index (χ4v) is 3.86. The maximum absolute atomic E-state index is 13.1. The minimum atomic E-state index is 0.0726. The van der Waals surface area contributed by atoms with Crippen LogP contribution in [0.3, 0.4) is 0 Å². The Bertz CT molecular complexity index is 1100. The predicted molar refractivity (Wildman–Crippen MR) is 108 cm³/mol. The zero-order chi connectivity index (χ0) is 19.0. The molecule has 1 aromatic carbocycles. The van der Waals surface area contributed by atoms with Gasteiger partial charge in [-0.1, -0.05) is 12.2 Å². The average Bonchev–Trinajstić information content (AvgIpc) is 3.26. The third-order valence-corrected chi connectivity index (χ3v) is 5.24. The van der Waals surface area contributed by atoms with Gasteiger partial charge in [0.1, 0.15) is 0 Å². The Labute approximate surface area is 165 Å². The summed E-state index contributed by atoms with van der Waals surface area (Å²) >= 11 is 3.48. The molecule has 0 atom stereocenters. The molecule has 0 bridgehead atoms. The van der Waals surface area contributed by atoms with Crippen molar-refractivity contribution < 1.29 is 4.79 Å². The van der Waals surface area contributed by atoms with E-state index in [-0.39, 0.29) is 5.78 Å². The van der Waals surface area contributed by atoms with E-state index >= 15 is 0 Å². The summed E-state index contributed by atoms with van der Waals surface area (Å²) in [5.41, 5.74) is 4.60. The molecule has 1 aliphatic heterocycles. The highest BCUT2D eigenvalue weighted by atomic mass is 79.9. The number of aromatic nitrogens is 2. The molecule has 0 N–H and O–H groups in total. The number of pyridine rings is 1. The Kier molecular flexibility index (Phi) is 4.65. The predicted octanol–water partition coefficient (Wildman–Crippen LogP) is 4.02. The number of carbonyl (C=O) groups excluding carboxylic acids is 1. The van der Waals surface area contributed by atoms with Crippen molar-refractivity contribution in [3.05, 3.63) is 70.0 Å². The molecular weight excluding hydrogens is 404 g/mol. The van der Waals surface area contributed by atoms with E-state index in [0.29, 0.717) is 23.2 Å². The molecule has 4 rings (SSSR count). The molecule has 0 aliphatic carbocycles. The molecule has 0 radical (unpaired) electrons. The van der Waals surface area contributed by atoms with Gasteiger partial charge in [-0.15, -0.1) is 0 Å². The molecule has 3 aromatic rings. The quantitative estimate of drug-likeness (QED) is 0.472. The van der Waals surface area contributed by atoms with E-state index in [2.05, 4.69) is 44.0 Å². The number of rotatable bonds is 4. The molecule has 0 saturated heterocycles. The van der Waals surface area contributed by atoms with Crippen LogP contribution in [0.4, 0.5) is 0 Å². The lowest BCUT2D eigenvalue weighted by atomic mass is 10.1. The third-order valence-electron chi connectivity index (χ3n) is 4.80. The van der Waals surface area contributed by atoms with Gasteiger partial charge < -0.3 is 4.57 Å². The van der Waals surface area contributed by atoms with E-state index in [9.17, 15) is 4.79 Å². The fraction of sp³-hybridized carbons (Fsp3) is 0.190. The van der Waals surface area contributed by atoms with Gasteiger partial charge >= 0.3 is 0 Å². The van der Waals surface area contributed by atoms with Crippen LogP contribution in [-0.2, 0) is 0 Å². The summed E-state index contributed by atoms with van der Waals surface area (Å²) in [6.07, 6.45) is 5.88. The second-order valence-corrected chi connectivity index (χ2v) is 7.48. The number of ketones is 1. The molecule has 0 spiro atoms. The number of fused-ring (bicyclic) bond motifs is 1.